The van der Waals surface area contributed by atoms with Crippen LogP contribution in [0.4, 0.5) is 0 Å². The summed E-state index contributed by atoms with van der Waals surface area (Å²) in [6, 6.07) is 0. The quantitative estimate of drug-likeness (QED) is 0.650. The van der Waals surface area contributed by atoms with Crippen LogP contribution in [0.1, 0.15) is 65.7 Å². The second-order valence-corrected chi connectivity index (χ2v) is 5.20. The molecule has 1 fully saturated rings. The Morgan fingerprint density at radius 2 is 1.86 bits per heavy atom. The zero-order valence-corrected chi connectivity index (χ0v) is 9.94. The summed E-state index contributed by atoms with van der Waals surface area (Å²) in [6.07, 6.45) is 7.78. The van der Waals surface area contributed by atoms with E-state index in [1.54, 1.807) is 0 Å². The van der Waals surface area contributed by atoms with E-state index >= 15 is 0 Å². The van der Waals surface area contributed by atoms with Crippen molar-refractivity contribution in [3.05, 3.63) is 0 Å². The van der Waals surface area contributed by atoms with Gasteiger partial charge in [0, 0.05) is 11.8 Å². The van der Waals surface area contributed by atoms with Crippen molar-refractivity contribution in [3.63, 3.8) is 0 Å². The van der Waals surface area contributed by atoms with Gasteiger partial charge in [0.25, 0.3) is 0 Å². The molecule has 0 aliphatic heterocycles. The van der Waals surface area contributed by atoms with Crippen molar-refractivity contribution >= 4 is 5.78 Å². The lowest BCUT2D eigenvalue weighted by Gasteiger charge is -2.26. The lowest BCUT2D eigenvalue weighted by Crippen LogP contribution is -2.27. The second-order valence-electron chi connectivity index (χ2n) is 5.20. The van der Waals surface area contributed by atoms with E-state index in [4.69, 9.17) is 0 Å². The maximum Gasteiger partial charge on any atom is 0.139 e. The molecule has 1 saturated carbocycles. The number of hydrogen-bond donors (Lipinski definition) is 0. The maximum absolute atomic E-state index is 12.1. The molecule has 1 rings (SSSR count). The molecule has 0 atom stereocenters. The molecule has 0 aromatic carbocycles. The highest BCUT2D eigenvalue weighted by molar-refractivity contribution is 5.85. The maximum atomic E-state index is 12.1. The van der Waals surface area contributed by atoms with Crippen molar-refractivity contribution in [1.82, 2.24) is 0 Å². The lowest BCUT2D eigenvalue weighted by atomic mass is 9.77. The van der Waals surface area contributed by atoms with Crippen LogP contribution in [0.2, 0.25) is 0 Å². The van der Waals surface area contributed by atoms with E-state index in [9.17, 15) is 4.79 Å². The summed E-state index contributed by atoms with van der Waals surface area (Å²) in [4.78, 5) is 12.1. The van der Waals surface area contributed by atoms with Crippen molar-refractivity contribution < 1.29 is 4.79 Å². The highest BCUT2D eigenvalue weighted by atomic mass is 16.1. The first-order valence-corrected chi connectivity index (χ1v) is 6.14. The molecule has 0 N–H and O–H groups in total. The van der Waals surface area contributed by atoms with Gasteiger partial charge in [0.2, 0.25) is 0 Å². The first-order chi connectivity index (χ1) is 6.60. The minimum atomic E-state index is 0.0922. The van der Waals surface area contributed by atoms with Crippen LogP contribution in [0, 0.1) is 11.3 Å². The molecule has 0 spiro atoms. The van der Waals surface area contributed by atoms with Crippen molar-refractivity contribution in [2.45, 2.75) is 65.7 Å². The molecule has 0 aromatic rings. The highest BCUT2D eigenvalue weighted by Crippen LogP contribution is 2.42. The molecule has 82 valence electrons. The van der Waals surface area contributed by atoms with E-state index in [-0.39, 0.29) is 5.41 Å². The molecule has 1 nitrogen and oxygen atoms in total. The number of rotatable bonds is 5. The molecule has 0 amide bonds. The van der Waals surface area contributed by atoms with Gasteiger partial charge in [-0.05, 0) is 31.6 Å². The summed E-state index contributed by atoms with van der Waals surface area (Å²) < 4.78 is 0. The fourth-order valence-electron chi connectivity index (χ4n) is 2.57. The molecule has 0 saturated heterocycles. The minimum Gasteiger partial charge on any atom is -0.299 e. The molecule has 0 unspecified atom stereocenters. The highest BCUT2D eigenvalue weighted by Gasteiger charge is 2.38. The largest absolute Gasteiger partial charge is 0.299 e. The molecule has 0 bridgehead atoms. The van der Waals surface area contributed by atoms with Gasteiger partial charge in [-0.3, -0.25) is 4.79 Å². The number of hydrogen-bond acceptors (Lipinski definition) is 1. The van der Waals surface area contributed by atoms with Crippen LogP contribution in [0.25, 0.3) is 0 Å². The second kappa shape index (κ2) is 4.95. The van der Waals surface area contributed by atoms with Crippen LogP contribution in [0.5, 0.6) is 0 Å². The van der Waals surface area contributed by atoms with Crippen LogP contribution in [-0.4, -0.2) is 5.78 Å². The van der Waals surface area contributed by atoms with E-state index in [1.807, 2.05) is 0 Å². The lowest BCUT2D eigenvalue weighted by molar-refractivity contribution is -0.129. The average molecular weight is 196 g/mol. The molecule has 0 radical (unpaired) electrons. The molecule has 14 heavy (non-hydrogen) atoms. The summed E-state index contributed by atoms with van der Waals surface area (Å²) in [7, 11) is 0. The predicted molar refractivity (Wildman–Crippen MR) is 60.3 cm³/mol. The standard InChI is InChI=1S/C13H24O/c1-4-13(9-5-6-10-13)12(14)8-7-11(2)3/h11H,4-10H2,1-3H3. The summed E-state index contributed by atoms with van der Waals surface area (Å²) in [6.45, 7) is 6.57. The summed E-state index contributed by atoms with van der Waals surface area (Å²) >= 11 is 0. The van der Waals surface area contributed by atoms with Crippen molar-refractivity contribution in [3.8, 4) is 0 Å². The van der Waals surface area contributed by atoms with Gasteiger partial charge < -0.3 is 0 Å². The third-order valence-electron chi connectivity index (χ3n) is 3.78. The van der Waals surface area contributed by atoms with Crippen LogP contribution < -0.4 is 0 Å². The van der Waals surface area contributed by atoms with Crippen LogP contribution in [0.15, 0.2) is 0 Å². The molecule has 0 aromatic heterocycles. The summed E-state index contributed by atoms with van der Waals surface area (Å²) in [5, 5.41) is 0. The number of carbonyl (C=O) groups excluding carboxylic acids is 1. The third kappa shape index (κ3) is 2.59. The Balaban J connectivity index is 2.48. The number of Topliss-reactive ketones (excluding diaryl/α,β-unsaturated/α-hetero) is 1. The average Bonchev–Trinajstić information content (AvgIpc) is 2.63. The molecule has 1 aliphatic rings. The summed E-state index contributed by atoms with van der Waals surface area (Å²) in [5.74, 6) is 1.21. The van der Waals surface area contributed by atoms with Gasteiger partial charge in [-0.25, -0.2) is 0 Å². The fraction of sp³-hybridized carbons (Fsp3) is 0.923. The van der Waals surface area contributed by atoms with Crippen LogP contribution >= 0.6 is 0 Å². The smallest absolute Gasteiger partial charge is 0.139 e. The fourth-order valence-corrected chi connectivity index (χ4v) is 2.57. The van der Waals surface area contributed by atoms with Gasteiger partial charge in [-0.2, -0.15) is 0 Å². The molecular weight excluding hydrogens is 172 g/mol. The Morgan fingerprint density at radius 1 is 1.29 bits per heavy atom. The Kier molecular flexibility index (Phi) is 4.15. The molecular formula is C13H24O. The summed E-state index contributed by atoms with van der Waals surface area (Å²) in [5.41, 5.74) is 0.0922. The monoisotopic (exact) mass is 196 g/mol. The zero-order valence-electron chi connectivity index (χ0n) is 9.94. The van der Waals surface area contributed by atoms with Gasteiger partial charge in [0.05, 0.1) is 0 Å². The first kappa shape index (κ1) is 11.7. The Morgan fingerprint density at radius 3 is 2.29 bits per heavy atom. The Hall–Kier alpha value is -0.330. The third-order valence-corrected chi connectivity index (χ3v) is 3.78. The molecule has 1 heteroatoms. The zero-order chi connectivity index (χ0) is 10.6. The minimum absolute atomic E-state index is 0.0922. The van der Waals surface area contributed by atoms with Crippen molar-refractivity contribution in [2.75, 3.05) is 0 Å². The van der Waals surface area contributed by atoms with E-state index in [0.717, 1.165) is 32.1 Å². The van der Waals surface area contributed by atoms with E-state index in [1.165, 1.54) is 12.8 Å². The van der Waals surface area contributed by atoms with E-state index < -0.39 is 0 Å². The molecule has 0 heterocycles. The van der Waals surface area contributed by atoms with E-state index in [0.29, 0.717) is 11.7 Å². The first-order valence-electron chi connectivity index (χ1n) is 6.14. The SMILES string of the molecule is CCC1(C(=O)CCC(C)C)CCCC1. The van der Waals surface area contributed by atoms with Gasteiger partial charge in [0.15, 0.2) is 0 Å². The van der Waals surface area contributed by atoms with Crippen LogP contribution in [0.3, 0.4) is 0 Å². The van der Waals surface area contributed by atoms with Crippen molar-refractivity contribution in [1.29, 1.82) is 0 Å². The van der Waals surface area contributed by atoms with Gasteiger partial charge in [-0.15, -0.1) is 0 Å². The molecule has 1 aliphatic carbocycles. The topological polar surface area (TPSA) is 17.1 Å². The van der Waals surface area contributed by atoms with E-state index in [2.05, 4.69) is 20.8 Å². The Labute approximate surface area is 88.3 Å². The number of carbonyl (C=O) groups is 1. The van der Waals surface area contributed by atoms with Gasteiger partial charge in [-0.1, -0.05) is 33.6 Å². The van der Waals surface area contributed by atoms with Gasteiger partial charge in [0.1, 0.15) is 5.78 Å². The van der Waals surface area contributed by atoms with Crippen LogP contribution in [-0.2, 0) is 4.79 Å². The normalized spacial score (nSPS) is 20.3. The van der Waals surface area contributed by atoms with Gasteiger partial charge >= 0.3 is 0 Å². The van der Waals surface area contributed by atoms with Crippen molar-refractivity contribution in [2.24, 2.45) is 11.3 Å². The predicted octanol–water partition coefficient (Wildman–Crippen LogP) is 3.96. The number of ketones is 1. The Bertz CT molecular complexity index is 187.